The van der Waals surface area contributed by atoms with Crippen LogP contribution >= 0.6 is 12.6 Å². The predicted molar refractivity (Wildman–Crippen MR) is 149 cm³/mol. The summed E-state index contributed by atoms with van der Waals surface area (Å²) in [6, 6.07) is 0. The van der Waals surface area contributed by atoms with Gasteiger partial charge in [0.25, 0.3) is 0 Å². The van der Waals surface area contributed by atoms with Crippen molar-refractivity contribution in [1.29, 1.82) is 0 Å². The fourth-order valence-electron chi connectivity index (χ4n) is 4.13. The Kier molecular flexibility index (Phi) is 16.3. The van der Waals surface area contributed by atoms with Gasteiger partial charge in [0.2, 0.25) is 0 Å². The molecular formula is C29H49NO3S. The second-order valence-corrected chi connectivity index (χ2v) is 10.9. The van der Waals surface area contributed by atoms with E-state index in [1.165, 1.54) is 0 Å². The number of carbonyl (C=O) groups is 2. The Balaban J connectivity index is 0.000000916. The molecule has 0 aromatic carbocycles. The molecule has 0 spiro atoms. The molecule has 5 heteroatoms. The first-order valence-electron chi connectivity index (χ1n) is 12.8. The van der Waals surface area contributed by atoms with Crippen molar-refractivity contribution in [3.63, 3.8) is 0 Å². The highest BCUT2D eigenvalue weighted by Gasteiger charge is 2.39. The summed E-state index contributed by atoms with van der Waals surface area (Å²) in [6.07, 6.45) is 13.3. The number of hydrogen-bond acceptors (Lipinski definition) is 5. The third kappa shape index (κ3) is 13.4. The summed E-state index contributed by atoms with van der Waals surface area (Å²) in [5.41, 5.74) is 1.25. The lowest BCUT2D eigenvalue weighted by Crippen LogP contribution is -2.41. The lowest BCUT2D eigenvalue weighted by Gasteiger charge is -2.32. The molecule has 0 bridgehead atoms. The van der Waals surface area contributed by atoms with E-state index in [1.54, 1.807) is 13.8 Å². The van der Waals surface area contributed by atoms with Gasteiger partial charge < -0.3 is 5.11 Å². The molecule has 0 radical (unpaired) electrons. The first-order chi connectivity index (χ1) is 15.8. The molecule has 3 atom stereocenters. The Labute approximate surface area is 214 Å². The van der Waals surface area contributed by atoms with Crippen LogP contribution < -0.4 is 0 Å². The third-order valence-electron chi connectivity index (χ3n) is 6.25. The van der Waals surface area contributed by atoms with Crippen LogP contribution in [0.4, 0.5) is 0 Å². The number of carbonyl (C=O) groups excluding carboxylic acids is 2. The summed E-state index contributed by atoms with van der Waals surface area (Å²) in [5.74, 6) is 0.466. The quantitative estimate of drug-likeness (QED) is 0.236. The van der Waals surface area contributed by atoms with Crippen LogP contribution in [-0.4, -0.2) is 28.5 Å². The van der Waals surface area contributed by atoms with Gasteiger partial charge in [-0.05, 0) is 76.7 Å². The highest BCUT2D eigenvalue weighted by atomic mass is 32.1. The molecule has 1 rings (SSSR count). The second kappa shape index (κ2) is 17.0. The maximum atomic E-state index is 12.8. The average Bonchev–Trinajstić information content (AvgIpc) is 2.75. The molecule has 0 aromatic rings. The monoisotopic (exact) mass is 491 g/mol. The SMILES string of the molecule is C/C=C\C(=C\C)N=C(C)C.CC1CCC/C(S)=C\CCCC(=O)CC(O)C(C)(C)C(=O)C(C)C1. The molecular weight excluding hydrogens is 442 g/mol. The molecule has 1 aliphatic carbocycles. The van der Waals surface area contributed by atoms with Crippen molar-refractivity contribution in [2.24, 2.45) is 22.2 Å². The third-order valence-corrected chi connectivity index (χ3v) is 6.65. The summed E-state index contributed by atoms with van der Waals surface area (Å²) >= 11 is 4.51. The first kappa shape index (κ1) is 32.5. The van der Waals surface area contributed by atoms with E-state index in [-0.39, 0.29) is 23.9 Å². The van der Waals surface area contributed by atoms with Gasteiger partial charge in [-0.15, -0.1) is 12.6 Å². The minimum atomic E-state index is -0.904. The number of hydrogen-bond donors (Lipinski definition) is 2. The summed E-state index contributed by atoms with van der Waals surface area (Å²) in [7, 11) is 0. The zero-order valence-electron chi connectivity index (χ0n) is 22.9. The lowest BCUT2D eigenvalue weighted by molar-refractivity contribution is -0.139. The summed E-state index contributed by atoms with van der Waals surface area (Å²) in [4.78, 5) is 30.2. The highest BCUT2D eigenvalue weighted by Crippen LogP contribution is 2.32. The molecule has 4 nitrogen and oxygen atoms in total. The molecule has 1 N–H and O–H groups in total. The molecule has 0 fully saturated rings. The number of aliphatic hydroxyl groups excluding tert-OH is 1. The number of allylic oxidation sites excluding steroid dienone is 5. The fourth-order valence-corrected chi connectivity index (χ4v) is 4.42. The van der Waals surface area contributed by atoms with Gasteiger partial charge in [-0.3, -0.25) is 14.6 Å². The maximum Gasteiger partial charge on any atom is 0.143 e. The highest BCUT2D eigenvalue weighted by molar-refractivity contribution is 7.84. The van der Waals surface area contributed by atoms with Crippen LogP contribution in [0.25, 0.3) is 0 Å². The van der Waals surface area contributed by atoms with E-state index < -0.39 is 11.5 Å². The van der Waals surface area contributed by atoms with Crippen LogP contribution in [0.3, 0.4) is 0 Å². The van der Waals surface area contributed by atoms with Crippen molar-refractivity contribution in [1.82, 2.24) is 0 Å². The van der Waals surface area contributed by atoms with E-state index in [1.807, 2.05) is 52.8 Å². The topological polar surface area (TPSA) is 66.7 Å². The van der Waals surface area contributed by atoms with E-state index in [9.17, 15) is 14.7 Å². The van der Waals surface area contributed by atoms with Gasteiger partial charge in [0, 0.05) is 29.9 Å². The van der Waals surface area contributed by atoms with Gasteiger partial charge >= 0.3 is 0 Å². The van der Waals surface area contributed by atoms with Gasteiger partial charge in [-0.2, -0.15) is 0 Å². The number of aliphatic imine (C=N–C) groups is 1. The summed E-state index contributed by atoms with van der Waals surface area (Å²) in [6.45, 7) is 15.6. The molecule has 0 amide bonds. The average molecular weight is 492 g/mol. The standard InChI is InChI=1S/C20H34O3S.C9H15N/c1-14-8-7-11-17(24)10-6-5-9-16(21)13-18(22)20(3,4)19(23)15(2)12-14;1-5-7-9(6-2)10-8(3)4/h10,14-15,18,22,24H,5-9,11-13H2,1-4H3;5-7H,1-4H3/b17-10+;7-5-,9-6-. The van der Waals surface area contributed by atoms with Crippen molar-refractivity contribution < 1.29 is 14.7 Å². The van der Waals surface area contributed by atoms with E-state index in [0.717, 1.165) is 54.8 Å². The molecule has 194 valence electrons. The Hall–Kier alpha value is -1.46. The zero-order valence-corrected chi connectivity index (χ0v) is 23.8. The fraction of sp³-hybridized carbons (Fsp3) is 0.690. The maximum absolute atomic E-state index is 12.8. The first-order valence-corrected chi connectivity index (χ1v) is 13.2. The number of Topliss-reactive ketones (excluding diaryl/α,β-unsaturated/α-hetero) is 2. The number of ketones is 2. The smallest absolute Gasteiger partial charge is 0.143 e. The van der Waals surface area contributed by atoms with Gasteiger partial charge in [-0.1, -0.05) is 52.3 Å². The van der Waals surface area contributed by atoms with E-state index in [2.05, 4.69) is 30.6 Å². The van der Waals surface area contributed by atoms with E-state index in [4.69, 9.17) is 0 Å². The Morgan fingerprint density at radius 3 is 2.35 bits per heavy atom. The van der Waals surface area contributed by atoms with Crippen molar-refractivity contribution in [2.75, 3.05) is 0 Å². The van der Waals surface area contributed by atoms with Gasteiger partial charge in [0.15, 0.2) is 0 Å². The minimum Gasteiger partial charge on any atom is -0.392 e. The summed E-state index contributed by atoms with van der Waals surface area (Å²) in [5, 5.41) is 10.4. The minimum absolute atomic E-state index is 0.0330. The predicted octanol–water partition coefficient (Wildman–Crippen LogP) is 7.68. The van der Waals surface area contributed by atoms with Crippen molar-refractivity contribution in [3.8, 4) is 0 Å². The molecule has 1 aliphatic rings. The number of nitrogens with zero attached hydrogens (tertiary/aromatic N) is 1. The summed E-state index contributed by atoms with van der Waals surface area (Å²) < 4.78 is 0. The largest absolute Gasteiger partial charge is 0.392 e. The van der Waals surface area contributed by atoms with Crippen LogP contribution in [0.5, 0.6) is 0 Å². The van der Waals surface area contributed by atoms with E-state index >= 15 is 0 Å². The zero-order chi connectivity index (χ0) is 26.3. The molecule has 0 saturated heterocycles. The number of rotatable bonds is 2. The van der Waals surface area contributed by atoms with Crippen LogP contribution in [0.15, 0.2) is 39.9 Å². The van der Waals surface area contributed by atoms with Crippen LogP contribution in [-0.2, 0) is 9.59 Å². The van der Waals surface area contributed by atoms with Gasteiger partial charge in [-0.25, -0.2) is 0 Å². The normalized spacial score (nSPS) is 27.4. The van der Waals surface area contributed by atoms with Crippen LogP contribution in [0.2, 0.25) is 0 Å². The van der Waals surface area contributed by atoms with E-state index in [0.29, 0.717) is 12.3 Å². The van der Waals surface area contributed by atoms with Gasteiger partial charge in [0.05, 0.1) is 11.8 Å². The van der Waals surface area contributed by atoms with Crippen molar-refractivity contribution in [3.05, 3.63) is 34.9 Å². The van der Waals surface area contributed by atoms with Crippen molar-refractivity contribution >= 4 is 29.9 Å². The molecule has 0 aromatic heterocycles. The molecule has 0 aliphatic heterocycles. The van der Waals surface area contributed by atoms with Crippen LogP contribution in [0, 0.1) is 17.3 Å². The Morgan fingerprint density at radius 2 is 1.79 bits per heavy atom. The van der Waals surface area contributed by atoms with Crippen molar-refractivity contribution in [2.45, 2.75) is 113 Å². The molecule has 3 unspecified atom stereocenters. The molecule has 0 saturated carbocycles. The van der Waals surface area contributed by atoms with Crippen LogP contribution in [0.1, 0.15) is 107 Å². The number of thiol groups is 1. The van der Waals surface area contributed by atoms with Gasteiger partial charge in [0.1, 0.15) is 11.6 Å². The number of aliphatic hydroxyl groups is 1. The Bertz CT molecular complexity index is 757. The lowest BCUT2D eigenvalue weighted by atomic mass is 9.73. The molecule has 34 heavy (non-hydrogen) atoms. The second-order valence-electron chi connectivity index (χ2n) is 10.3. The molecule has 0 heterocycles. The Morgan fingerprint density at radius 1 is 1.15 bits per heavy atom.